The van der Waals surface area contributed by atoms with Gasteiger partial charge in [-0.2, -0.15) is 0 Å². The normalized spacial score (nSPS) is 33.0. The van der Waals surface area contributed by atoms with E-state index in [0.717, 1.165) is 24.2 Å². The summed E-state index contributed by atoms with van der Waals surface area (Å²) in [6, 6.07) is 0. The summed E-state index contributed by atoms with van der Waals surface area (Å²) in [4.78, 5) is 0. The van der Waals surface area contributed by atoms with E-state index in [1.54, 1.807) is 0 Å². The van der Waals surface area contributed by atoms with E-state index < -0.39 is 0 Å². The molecule has 0 aromatic carbocycles. The van der Waals surface area contributed by atoms with Crippen LogP contribution in [0, 0.1) is 17.8 Å². The minimum absolute atomic E-state index is 0.494. The zero-order valence-corrected chi connectivity index (χ0v) is 14.6. The van der Waals surface area contributed by atoms with Crippen LogP contribution in [-0.2, 0) is 4.74 Å². The Morgan fingerprint density at radius 1 is 0.909 bits per heavy atom. The molecule has 0 aromatic heterocycles. The molecular weight excluding hydrogens is 268 g/mol. The molecule has 0 unspecified atom stereocenters. The molecule has 0 bridgehead atoms. The lowest BCUT2D eigenvalue weighted by atomic mass is 9.70. The molecule has 2 aliphatic carbocycles. The molecule has 0 heterocycles. The van der Waals surface area contributed by atoms with Crippen LogP contribution in [0.4, 0.5) is 0 Å². The summed E-state index contributed by atoms with van der Waals surface area (Å²) >= 11 is 0. The second-order valence-electron chi connectivity index (χ2n) is 7.48. The van der Waals surface area contributed by atoms with Crippen molar-refractivity contribution in [2.24, 2.45) is 17.8 Å². The number of unbranched alkanes of at least 4 members (excludes halogenated alkanes) is 1. The highest BCUT2D eigenvalue weighted by molar-refractivity contribution is 4.84. The van der Waals surface area contributed by atoms with Crippen molar-refractivity contribution < 1.29 is 4.74 Å². The van der Waals surface area contributed by atoms with Gasteiger partial charge in [-0.25, -0.2) is 0 Å². The molecule has 0 atom stereocenters. The van der Waals surface area contributed by atoms with Crippen molar-refractivity contribution in [3.05, 3.63) is 25.0 Å². The molecule has 0 amide bonds. The molecule has 0 spiro atoms. The van der Waals surface area contributed by atoms with Crippen LogP contribution >= 0.6 is 0 Å². The second-order valence-corrected chi connectivity index (χ2v) is 7.48. The van der Waals surface area contributed by atoms with E-state index in [0.29, 0.717) is 6.10 Å². The first kappa shape index (κ1) is 17.6. The zero-order valence-electron chi connectivity index (χ0n) is 14.6. The zero-order chi connectivity index (χ0) is 15.6. The average molecular weight is 305 g/mol. The van der Waals surface area contributed by atoms with E-state index >= 15 is 0 Å². The highest BCUT2D eigenvalue weighted by Gasteiger charge is 2.30. The minimum atomic E-state index is 0.494. The first-order chi connectivity index (χ1) is 10.8. The Labute approximate surface area is 138 Å². The largest absolute Gasteiger partial charge is 0.498 e. The van der Waals surface area contributed by atoms with Gasteiger partial charge in [0.2, 0.25) is 0 Å². The van der Waals surface area contributed by atoms with Gasteiger partial charge in [0.15, 0.2) is 0 Å². The number of hydrogen-bond donors (Lipinski definition) is 0. The Bertz CT molecular complexity index is 317. The summed E-state index contributed by atoms with van der Waals surface area (Å²) in [6.07, 6.45) is 22.9. The molecule has 22 heavy (non-hydrogen) atoms. The molecule has 2 fully saturated rings. The van der Waals surface area contributed by atoms with E-state index in [4.69, 9.17) is 4.74 Å². The van der Waals surface area contributed by atoms with Gasteiger partial charge in [0, 0.05) is 0 Å². The van der Waals surface area contributed by atoms with Gasteiger partial charge in [-0.15, -0.1) is 6.58 Å². The third kappa shape index (κ3) is 5.82. The Morgan fingerprint density at radius 2 is 1.55 bits per heavy atom. The maximum atomic E-state index is 5.89. The third-order valence-electron chi connectivity index (χ3n) is 5.88. The van der Waals surface area contributed by atoms with Gasteiger partial charge in [-0.3, -0.25) is 0 Å². The van der Waals surface area contributed by atoms with Crippen molar-refractivity contribution in [1.29, 1.82) is 0 Å². The van der Waals surface area contributed by atoms with E-state index in [-0.39, 0.29) is 0 Å². The molecule has 2 saturated carbocycles. The lowest BCUT2D eigenvalue weighted by molar-refractivity contribution is 0.0629. The third-order valence-corrected chi connectivity index (χ3v) is 5.88. The monoisotopic (exact) mass is 304 g/mol. The lowest BCUT2D eigenvalue weighted by Gasteiger charge is -2.37. The van der Waals surface area contributed by atoms with Gasteiger partial charge in [-0.1, -0.05) is 32.3 Å². The predicted octanol–water partition coefficient (Wildman–Crippen LogP) is 6.65. The molecular formula is C21H36O. The van der Waals surface area contributed by atoms with Crippen LogP contribution in [0.2, 0.25) is 0 Å². The highest BCUT2D eigenvalue weighted by atomic mass is 16.5. The van der Waals surface area contributed by atoms with Crippen molar-refractivity contribution in [2.45, 2.75) is 90.1 Å². The van der Waals surface area contributed by atoms with E-state index in [1.807, 2.05) is 6.26 Å². The Hall–Kier alpha value is -0.720. The molecule has 0 aliphatic heterocycles. The Morgan fingerprint density at radius 3 is 2.14 bits per heavy atom. The molecule has 126 valence electrons. The topological polar surface area (TPSA) is 9.23 Å². The van der Waals surface area contributed by atoms with Crippen molar-refractivity contribution in [3.63, 3.8) is 0 Å². The van der Waals surface area contributed by atoms with E-state index in [9.17, 15) is 0 Å². The minimum Gasteiger partial charge on any atom is -0.498 e. The maximum absolute atomic E-state index is 5.89. The van der Waals surface area contributed by atoms with Gasteiger partial charge in [-0.05, 0) is 81.6 Å². The fourth-order valence-corrected chi connectivity index (χ4v) is 4.40. The predicted molar refractivity (Wildman–Crippen MR) is 95.8 cm³/mol. The van der Waals surface area contributed by atoms with Gasteiger partial charge in [0.05, 0.1) is 12.4 Å². The van der Waals surface area contributed by atoms with Crippen LogP contribution in [0.1, 0.15) is 84.0 Å². The molecule has 0 N–H and O–H groups in total. The summed E-state index contributed by atoms with van der Waals surface area (Å²) in [5.41, 5.74) is 0. The Kier molecular flexibility index (Phi) is 8.12. The van der Waals surface area contributed by atoms with Crippen molar-refractivity contribution in [1.82, 2.24) is 0 Å². The first-order valence-corrected chi connectivity index (χ1v) is 9.74. The maximum Gasteiger partial charge on any atom is 0.0978 e. The standard InChI is InChI=1S/C21H36O/c1-3-5-7-17-22-21-15-13-20(14-16-21)19-11-9-18(10-12-19)8-6-4-2/h4,7,17-21H,2-3,5-6,8-16H2,1H3. The molecule has 2 aliphatic rings. The summed E-state index contributed by atoms with van der Waals surface area (Å²) in [7, 11) is 0. The number of rotatable bonds is 8. The molecule has 2 rings (SSSR count). The van der Waals surface area contributed by atoms with E-state index in [2.05, 4.69) is 25.7 Å². The Balaban J connectivity index is 1.62. The van der Waals surface area contributed by atoms with E-state index in [1.165, 1.54) is 70.6 Å². The number of ether oxygens (including phenoxy) is 1. The van der Waals surface area contributed by atoms with Crippen LogP contribution in [-0.4, -0.2) is 6.10 Å². The summed E-state index contributed by atoms with van der Waals surface area (Å²) in [5.74, 6) is 2.98. The fourth-order valence-electron chi connectivity index (χ4n) is 4.40. The van der Waals surface area contributed by atoms with Crippen molar-refractivity contribution >= 4 is 0 Å². The van der Waals surface area contributed by atoms with Crippen molar-refractivity contribution in [2.75, 3.05) is 0 Å². The second kappa shape index (κ2) is 10.1. The summed E-state index contributed by atoms with van der Waals surface area (Å²) in [5, 5.41) is 0. The SMILES string of the molecule is C=CCCC1CCC(C2CCC(OC=CCCC)CC2)CC1. The number of allylic oxidation sites excluding steroid dienone is 2. The fraction of sp³-hybridized carbons (Fsp3) is 0.810. The van der Waals surface area contributed by atoms with Gasteiger partial charge in [0.25, 0.3) is 0 Å². The summed E-state index contributed by atoms with van der Waals surface area (Å²) < 4.78 is 5.89. The number of hydrogen-bond acceptors (Lipinski definition) is 1. The molecule has 0 radical (unpaired) electrons. The first-order valence-electron chi connectivity index (χ1n) is 9.74. The van der Waals surface area contributed by atoms with Crippen LogP contribution in [0.25, 0.3) is 0 Å². The van der Waals surface area contributed by atoms with Crippen molar-refractivity contribution in [3.8, 4) is 0 Å². The van der Waals surface area contributed by atoms with Gasteiger partial charge in [0.1, 0.15) is 0 Å². The van der Waals surface area contributed by atoms with Crippen LogP contribution in [0.15, 0.2) is 25.0 Å². The molecule has 0 saturated heterocycles. The molecule has 1 nitrogen and oxygen atoms in total. The van der Waals surface area contributed by atoms with Crippen LogP contribution in [0.5, 0.6) is 0 Å². The smallest absolute Gasteiger partial charge is 0.0978 e. The van der Waals surface area contributed by atoms with Crippen LogP contribution < -0.4 is 0 Å². The summed E-state index contributed by atoms with van der Waals surface area (Å²) in [6.45, 7) is 6.07. The highest BCUT2D eigenvalue weighted by Crippen LogP contribution is 2.41. The van der Waals surface area contributed by atoms with Crippen LogP contribution in [0.3, 0.4) is 0 Å². The quantitative estimate of drug-likeness (QED) is 0.360. The van der Waals surface area contributed by atoms with Gasteiger partial charge < -0.3 is 4.74 Å². The van der Waals surface area contributed by atoms with Gasteiger partial charge >= 0.3 is 0 Å². The average Bonchev–Trinajstić information content (AvgIpc) is 2.58. The molecule has 0 aromatic rings. The molecule has 1 heteroatoms. The lowest BCUT2D eigenvalue weighted by Crippen LogP contribution is -2.28.